The Labute approximate surface area is 251 Å². The molecule has 0 aliphatic carbocycles. The number of nitrogens with one attached hydrogen (secondary N) is 2. The highest BCUT2D eigenvalue weighted by Crippen LogP contribution is 2.30. The average Bonchev–Trinajstić information content (AvgIpc) is 3.04. The molecule has 218 valence electrons. The number of aromatic nitrogens is 2. The first-order valence-corrected chi connectivity index (χ1v) is 14.3. The number of anilines is 2. The summed E-state index contributed by atoms with van der Waals surface area (Å²) < 4.78 is 19.0. The number of fused-ring (bicyclic) bond motifs is 1. The normalized spacial score (nSPS) is 12.0. The minimum Gasteiger partial charge on any atom is -0.497 e. The van der Waals surface area contributed by atoms with Crippen molar-refractivity contribution in [3.63, 3.8) is 0 Å². The van der Waals surface area contributed by atoms with Crippen LogP contribution in [0.4, 0.5) is 11.4 Å². The van der Waals surface area contributed by atoms with Gasteiger partial charge in [0.05, 0.1) is 21.3 Å². The molecule has 8 nitrogen and oxygen atoms in total. The van der Waals surface area contributed by atoms with Crippen molar-refractivity contribution in [2.45, 2.75) is 30.8 Å². The van der Waals surface area contributed by atoms with Gasteiger partial charge in [-0.1, -0.05) is 24.3 Å². The van der Waals surface area contributed by atoms with E-state index in [1.807, 2.05) is 55.5 Å². The van der Waals surface area contributed by atoms with E-state index in [1.165, 1.54) is 5.56 Å². The van der Waals surface area contributed by atoms with Crippen molar-refractivity contribution in [3.8, 4) is 17.4 Å². The van der Waals surface area contributed by atoms with Gasteiger partial charge < -0.3 is 25.3 Å². The molecule has 42 heavy (non-hydrogen) atoms. The molecule has 9 heteroatoms. The minimum atomic E-state index is 0.0981. The summed E-state index contributed by atoms with van der Waals surface area (Å²) in [5.74, 6) is 2.25. The molecule has 5 aromatic rings. The maximum absolute atomic E-state index is 5.66. The predicted octanol–water partition coefficient (Wildman–Crippen LogP) is 7.46. The summed E-state index contributed by atoms with van der Waals surface area (Å²) in [7, 11) is 4.93. The average molecular weight is 584 g/mol. The van der Waals surface area contributed by atoms with Crippen LogP contribution in [0.2, 0.25) is 0 Å². The molecular weight excluding hydrogens is 546 g/mol. The molecule has 0 radical (unpaired) electrons. The topological polar surface area (TPSA) is 104 Å². The molecule has 0 aliphatic rings. The van der Waals surface area contributed by atoms with Crippen LogP contribution in [0, 0.1) is 0 Å². The first-order chi connectivity index (χ1) is 20.4. The van der Waals surface area contributed by atoms with Crippen LogP contribution in [0.1, 0.15) is 37.1 Å². The summed E-state index contributed by atoms with van der Waals surface area (Å²) in [6.45, 7) is 4.10. The molecule has 5 rings (SSSR count). The lowest BCUT2D eigenvalue weighted by Gasteiger charge is -2.14. The van der Waals surface area contributed by atoms with Crippen molar-refractivity contribution < 1.29 is 14.2 Å². The Morgan fingerprint density at radius 2 is 1.29 bits per heavy atom. The van der Waals surface area contributed by atoms with Crippen molar-refractivity contribution in [1.29, 1.82) is 0 Å². The molecular formula is C33H37N5O3S. The zero-order valence-electron chi connectivity index (χ0n) is 24.5. The Hall–Kier alpha value is -4.31. The number of hydrogen-bond donors (Lipinski definition) is 3. The molecule has 0 bridgehead atoms. The number of methoxy groups -OCH3 is 3. The molecule has 4 N–H and O–H groups in total. The monoisotopic (exact) mass is 583 g/mol. The van der Waals surface area contributed by atoms with Crippen molar-refractivity contribution >= 4 is 34.2 Å². The number of rotatable bonds is 10. The van der Waals surface area contributed by atoms with E-state index in [2.05, 4.69) is 63.3 Å². The van der Waals surface area contributed by atoms with Gasteiger partial charge in [0.15, 0.2) is 0 Å². The van der Waals surface area contributed by atoms with E-state index in [4.69, 9.17) is 19.9 Å². The van der Waals surface area contributed by atoms with E-state index in [1.54, 1.807) is 45.7 Å². The Kier molecular flexibility index (Phi) is 11.0. The highest BCUT2D eigenvalue weighted by atomic mass is 32.2. The van der Waals surface area contributed by atoms with Gasteiger partial charge >= 0.3 is 0 Å². The molecule has 0 saturated heterocycles. The van der Waals surface area contributed by atoms with Crippen LogP contribution in [-0.4, -0.2) is 31.3 Å². The maximum atomic E-state index is 5.66. The van der Waals surface area contributed by atoms with Crippen LogP contribution in [-0.2, 0) is 0 Å². The lowest BCUT2D eigenvalue weighted by Crippen LogP contribution is -2.10. The summed E-state index contributed by atoms with van der Waals surface area (Å²) in [5.41, 5.74) is 10.7. The highest BCUT2D eigenvalue weighted by molar-refractivity contribution is 7.97. The van der Waals surface area contributed by atoms with Crippen molar-refractivity contribution in [2.75, 3.05) is 26.6 Å². The standard InChI is InChI=1S/C24H24N4O2S.C9H13NO/c1-16(17-4-8-19(29-2)9-5-17)28-31-20-10-6-18(7-11-20)27-22-13-15-25-23-21(22)12-14-26-24(23)30-3;1-7(10)8-3-5-9(11-2)6-4-8/h4-16,28H,1-3H3,(H,25,27);3-7H,10H2,1-2H3. The van der Waals surface area contributed by atoms with Gasteiger partial charge in [0, 0.05) is 46.1 Å². The summed E-state index contributed by atoms with van der Waals surface area (Å²) in [5, 5.41) is 4.42. The number of nitrogens with two attached hydrogens (primary N) is 1. The van der Waals surface area contributed by atoms with Crippen molar-refractivity contribution in [1.82, 2.24) is 14.7 Å². The van der Waals surface area contributed by atoms with E-state index in [9.17, 15) is 0 Å². The summed E-state index contributed by atoms with van der Waals surface area (Å²) in [6, 6.07) is 28.4. The number of hydrogen-bond acceptors (Lipinski definition) is 9. The van der Waals surface area contributed by atoms with Crippen LogP contribution in [0.15, 0.2) is 102 Å². The van der Waals surface area contributed by atoms with Crippen molar-refractivity contribution in [3.05, 3.63) is 108 Å². The molecule has 0 amide bonds. The molecule has 0 saturated carbocycles. The van der Waals surface area contributed by atoms with Crippen molar-refractivity contribution in [2.24, 2.45) is 5.73 Å². The predicted molar refractivity (Wildman–Crippen MR) is 172 cm³/mol. The van der Waals surface area contributed by atoms with Crippen LogP contribution >= 0.6 is 11.9 Å². The lowest BCUT2D eigenvalue weighted by atomic mass is 10.1. The van der Waals surface area contributed by atoms with Gasteiger partial charge in [-0.05, 0) is 97.6 Å². The summed E-state index contributed by atoms with van der Waals surface area (Å²) in [4.78, 5) is 9.76. The fraction of sp³-hybridized carbons (Fsp3) is 0.212. The third-order valence-corrected chi connectivity index (χ3v) is 7.54. The molecule has 0 fully saturated rings. The van der Waals surface area contributed by atoms with Gasteiger partial charge in [0.1, 0.15) is 17.0 Å². The third-order valence-electron chi connectivity index (χ3n) is 6.56. The summed E-state index contributed by atoms with van der Waals surface area (Å²) >= 11 is 1.61. The third kappa shape index (κ3) is 8.13. The fourth-order valence-electron chi connectivity index (χ4n) is 4.10. The minimum absolute atomic E-state index is 0.0981. The second kappa shape index (κ2) is 15.1. The van der Waals surface area contributed by atoms with Crippen LogP contribution < -0.4 is 30.0 Å². The second-order valence-corrected chi connectivity index (χ2v) is 10.4. The number of nitrogens with zero attached hydrogens (tertiary/aromatic N) is 2. The van der Waals surface area contributed by atoms with E-state index in [0.29, 0.717) is 5.88 Å². The van der Waals surface area contributed by atoms with Crippen LogP contribution in [0.25, 0.3) is 10.9 Å². The molecule has 0 aliphatic heterocycles. The maximum Gasteiger partial charge on any atom is 0.240 e. The smallest absolute Gasteiger partial charge is 0.240 e. The van der Waals surface area contributed by atoms with Gasteiger partial charge in [-0.25, -0.2) is 4.98 Å². The first kappa shape index (κ1) is 30.6. The van der Waals surface area contributed by atoms with E-state index in [0.717, 1.165) is 44.2 Å². The molecule has 2 unspecified atom stereocenters. The summed E-state index contributed by atoms with van der Waals surface area (Å²) in [6.07, 6.45) is 3.48. The molecule has 2 aromatic heterocycles. The van der Waals surface area contributed by atoms with E-state index < -0.39 is 0 Å². The largest absolute Gasteiger partial charge is 0.497 e. The molecule has 2 atom stereocenters. The van der Waals surface area contributed by atoms with Gasteiger partial charge in [0.25, 0.3) is 0 Å². The number of benzene rings is 3. The molecule has 3 aromatic carbocycles. The zero-order valence-corrected chi connectivity index (χ0v) is 25.3. The quantitative estimate of drug-likeness (QED) is 0.145. The van der Waals surface area contributed by atoms with Gasteiger partial charge in [0.2, 0.25) is 5.88 Å². The Balaban J connectivity index is 0.000000310. The van der Waals surface area contributed by atoms with Gasteiger partial charge in [-0.2, -0.15) is 0 Å². The highest BCUT2D eigenvalue weighted by Gasteiger charge is 2.09. The second-order valence-electron chi connectivity index (χ2n) is 9.50. The Bertz CT molecular complexity index is 1550. The van der Waals surface area contributed by atoms with Crippen LogP contribution in [0.3, 0.4) is 0 Å². The molecule has 2 heterocycles. The lowest BCUT2D eigenvalue weighted by molar-refractivity contribution is 0.402. The number of pyridine rings is 2. The zero-order chi connectivity index (χ0) is 29.9. The van der Waals surface area contributed by atoms with Crippen LogP contribution in [0.5, 0.6) is 17.4 Å². The number of ether oxygens (including phenoxy) is 3. The van der Waals surface area contributed by atoms with E-state index in [-0.39, 0.29) is 12.1 Å². The Morgan fingerprint density at radius 3 is 1.86 bits per heavy atom. The van der Waals surface area contributed by atoms with E-state index >= 15 is 0 Å². The van der Waals surface area contributed by atoms with Gasteiger partial charge in [-0.15, -0.1) is 0 Å². The van der Waals surface area contributed by atoms with Gasteiger partial charge in [-0.3, -0.25) is 9.71 Å². The molecule has 0 spiro atoms. The first-order valence-electron chi connectivity index (χ1n) is 13.5. The SMILES string of the molecule is COc1ccc(C(C)N)cc1.COc1ccc(C(C)NSc2ccc(Nc3ccnc4c(OC)nccc34)cc2)cc1. The fourth-order valence-corrected chi connectivity index (χ4v) is 4.82. The Morgan fingerprint density at radius 1 is 0.690 bits per heavy atom.